The molecule has 1 aliphatic heterocycles. The summed E-state index contributed by atoms with van der Waals surface area (Å²) in [7, 11) is 1.73. The maximum Gasteiger partial charge on any atom is 0.177 e. The summed E-state index contributed by atoms with van der Waals surface area (Å²) in [5, 5.41) is 0.977. The fourth-order valence-electron chi connectivity index (χ4n) is 2.62. The number of carbonyl (C=O) groups is 1. The first-order valence-electron chi connectivity index (χ1n) is 7.27. The Morgan fingerprint density at radius 2 is 2.24 bits per heavy atom. The lowest BCUT2D eigenvalue weighted by Gasteiger charge is -2.20. The molecule has 1 unspecified atom stereocenters. The van der Waals surface area contributed by atoms with Gasteiger partial charge in [-0.1, -0.05) is 0 Å². The van der Waals surface area contributed by atoms with Gasteiger partial charge in [-0.15, -0.1) is 11.3 Å². The highest BCUT2D eigenvalue weighted by molar-refractivity contribution is 7.19. The third kappa shape index (κ3) is 3.49. The largest absolute Gasteiger partial charge is 0.486 e. The van der Waals surface area contributed by atoms with Crippen molar-refractivity contribution in [2.24, 2.45) is 5.92 Å². The summed E-state index contributed by atoms with van der Waals surface area (Å²) >= 11 is 1.44. The van der Waals surface area contributed by atoms with Crippen LogP contribution >= 0.6 is 11.3 Å². The number of carbonyl (C=O) groups excluding carboxylic acids is 1. The Kier molecular flexibility index (Phi) is 5.11. The monoisotopic (exact) mass is 312 g/mol. The first-order chi connectivity index (χ1) is 9.93. The first-order valence-corrected chi connectivity index (χ1v) is 8.09. The molecule has 0 spiro atoms. The lowest BCUT2D eigenvalue weighted by atomic mass is 10.1. The molecule has 1 atom stereocenters. The summed E-state index contributed by atoms with van der Waals surface area (Å²) < 4.78 is 11.1. The molecule has 118 valence electrons. The number of anilines is 2. The molecular weight excluding hydrogens is 288 g/mol. The van der Waals surface area contributed by atoms with Crippen LogP contribution in [-0.2, 0) is 4.74 Å². The van der Waals surface area contributed by atoms with Gasteiger partial charge in [0.05, 0.1) is 23.3 Å². The number of nitrogens with two attached hydrogens (primary N) is 1. The van der Waals surface area contributed by atoms with Gasteiger partial charge in [0.15, 0.2) is 11.5 Å². The van der Waals surface area contributed by atoms with E-state index in [4.69, 9.17) is 15.2 Å². The molecule has 21 heavy (non-hydrogen) atoms. The van der Waals surface area contributed by atoms with Crippen LogP contribution < -0.4 is 15.4 Å². The van der Waals surface area contributed by atoms with Gasteiger partial charge >= 0.3 is 0 Å². The van der Waals surface area contributed by atoms with Gasteiger partial charge in [0.1, 0.15) is 5.00 Å². The Labute approximate surface area is 130 Å². The van der Waals surface area contributed by atoms with Crippen LogP contribution in [0.3, 0.4) is 0 Å². The molecule has 0 aromatic carbocycles. The Morgan fingerprint density at radius 3 is 2.81 bits per heavy atom. The number of ketones is 1. The van der Waals surface area contributed by atoms with Gasteiger partial charge in [0.25, 0.3) is 0 Å². The molecule has 0 saturated carbocycles. The summed E-state index contributed by atoms with van der Waals surface area (Å²) in [4.78, 5) is 14.6. The van der Waals surface area contributed by atoms with E-state index >= 15 is 0 Å². The zero-order chi connectivity index (χ0) is 15.6. The van der Waals surface area contributed by atoms with Crippen molar-refractivity contribution in [1.82, 2.24) is 0 Å². The molecule has 1 fully saturated rings. The maximum absolute atomic E-state index is 11.7. The van der Waals surface area contributed by atoms with E-state index in [-0.39, 0.29) is 11.9 Å². The number of ether oxygens (including phenoxy) is 2. The van der Waals surface area contributed by atoms with Crippen LogP contribution in [0.15, 0.2) is 0 Å². The van der Waals surface area contributed by atoms with E-state index in [1.165, 1.54) is 11.3 Å². The summed E-state index contributed by atoms with van der Waals surface area (Å²) in [5.41, 5.74) is 6.61. The molecule has 6 heteroatoms. The van der Waals surface area contributed by atoms with E-state index in [1.807, 2.05) is 13.8 Å². The highest BCUT2D eigenvalue weighted by Crippen LogP contribution is 2.46. The fourth-order valence-corrected chi connectivity index (χ4v) is 3.71. The quantitative estimate of drug-likeness (QED) is 0.818. The second kappa shape index (κ2) is 6.66. The average molecular weight is 312 g/mol. The predicted octanol–water partition coefficient (Wildman–Crippen LogP) is 2.79. The molecule has 1 aromatic rings. The van der Waals surface area contributed by atoms with Crippen LogP contribution in [0, 0.1) is 5.92 Å². The van der Waals surface area contributed by atoms with Crippen molar-refractivity contribution >= 4 is 27.8 Å². The molecule has 1 aliphatic rings. The van der Waals surface area contributed by atoms with Crippen molar-refractivity contribution in [3.63, 3.8) is 0 Å². The minimum absolute atomic E-state index is 0.00926. The molecule has 0 radical (unpaired) electrons. The molecule has 1 saturated heterocycles. The highest BCUT2D eigenvalue weighted by atomic mass is 32.1. The lowest BCUT2D eigenvalue weighted by Crippen LogP contribution is -2.21. The highest BCUT2D eigenvalue weighted by Gasteiger charge is 2.30. The predicted molar refractivity (Wildman–Crippen MR) is 86.7 cm³/mol. The summed E-state index contributed by atoms with van der Waals surface area (Å²) in [6.07, 6.45) is 1.11. The fraction of sp³-hybridized carbons (Fsp3) is 0.667. The van der Waals surface area contributed by atoms with Crippen molar-refractivity contribution in [3.05, 3.63) is 4.88 Å². The van der Waals surface area contributed by atoms with Gasteiger partial charge < -0.3 is 20.1 Å². The smallest absolute Gasteiger partial charge is 0.177 e. The summed E-state index contributed by atoms with van der Waals surface area (Å²) in [6, 6.07) is 0. The molecule has 2 N–H and O–H groups in total. The zero-order valence-corrected chi connectivity index (χ0v) is 14.0. The second-order valence-corrected chi connectivity index (χ2v) is 6.76. The van der Waals surface area contributed by atoms with E-state index in [9.17, 15) is 4.79 Å². The second-order valence-electron chi connectivity index (χ2n) is 5.76. The Morgan fingerprint density at radius 1 is 1.52 bits per heavy atom. The lowest BCUT2D eigenvalue weighted by molar-refractivity contribution is 0.102. The molecular formula is C15H24N2O3S. The maximum atomic E-state index is 11.7. The molecule has 2 heterocycles. The van der Waals surface area contributed by atoms with Gasteiger partial charge in [-0.25, -0.2) is 0 Å². The van der Waals surface area contributed by atoms with Crippen molar-refractivity contribution in [2.45, 2.75) is 33.3 Å². The number of nitrogens with zero attached hydrogens (tertiary/aromatic N) is 1. The van der Waals surface area contributed by atoms with E-state index in [0.717, 1.165) is 31.1 Å². The minimum Gasteiger partial charge on any atom is -0.486 e. The summed E-state index contributed by atoms with van der Waals surface area (Å²) in [5.74, 6) is 1.18. The van der Waals surface area contributed by atoms with E-state index < -0.39 is 0 Å². The molecule has 0 bridgehead atoms. The summed E-state index contributed by atoms with van der Waals surface area (Å²) in [6.45, 7) is 8.09. The van der Waals surface area contributed by atoms with Crippen LogP contribution in [0.5, 0.6) is 5.75 Å². The van der Waals surface area contributed by atoms with Crippen molar-refractivity contribution in [2.75, 3.05) is 37.4 Å². The molecule has 0 aliphatic carbocycles. The van der Waals surface area contributed by atoms with E-state index in [2.05, 4.69) is 4.90 Å². The molecule has 1 aromatic heterocycles. The minimum atomic E-state index is -0.00926. The van der Waals surface area contributed by atoms with Crippen molar-refractivity contribution in [3.8, 4) is 5.75 Å². The third-order valence-electron chi connectivity index (χ3n) is 3.53. The number of hydrogen-bond donors (Lipinski definition) is 1. The number of Topliss-reactive ketones (excluding diaryl/α,β-unsaturated/α-hetero) is 1. The number of nitrogen functional groups attached to an aromatic ring is 1. The first kappa shape index (κ1) is 16.1. The molecule has 5 nitrogen and oxygen atoms in total. The van der Waals surface area contributed by atoms with E-state index in [0.29, 0.717) is 22.2 Å². The van der Waals surface area contributed by atoms with Crippen LogP contribution in [0.4, 0.5) is 10.7 Å². The van der Waals surface area contributed by atoms with Gasteiger partial charge in [0.2, 0.25) is 0 Å². The van der Waals surface area contributed by atoms with Crippen LogP contribution in [0.1, 0.15) is 36.9 Å². The van der Waals surface area contributed by atoms with Gasteiger partial charge in [-0.05, 0) is 20.3 Å². The Balaban J connectivity index is 2.29. The standard InChI is InChI=1S/C15H24N2O3S/c1-9(2)20-13-12(16)14(10(3)18)21-15(13)17-6-5-11(7-17)8-19-4/h9,11H,5-8,16H2,1-4H3. The van der Waals surface area contributed by atoms with Crippen molar-refractivity contribution < 1.29 is 14.3 Å². The SMILES string of the molecule is COCC1CCN(c2sc(C(C)=O)c(N)c2OC(C)C)C1. The van der Waals surface area contributed by atoms with Gasteiger partial charge in [0, 0.05) is 33.0 Å². The van der Waals surface area contributed by atoms with Crippen LogP contribution in [0.25, 0.3) is 0 Å². The normalized spacial score (nSPS) is 18.5. The molecule has 0 amide bonds. The van der Waals surface area contributed by atoms with E-state index in [1.54, 1.807) is 14.0 Å². The Bertz CT molecular complexity index is 513. The van der Waals surface area contributed by atoms with Crippen molar-refractivity contribution in [1.29, 1.82) is 0 Å². The van der Waals surface area contributed by atoms with Gasteiger partial charge in [-0.2, -0.15) is 0 Å². The van der Waals surface area contributed by atoms with Gasteiger partial charge in [-0.3, -0.25) is 4.79 Å². The van der Waals surface area contributed by atoms with Crippen LogP contribution in [-0.4, -0.2) is 38.7 Å². The Hall–Kier alpha value is -1.27. The average Bonchev–Trinajstić information content (AvgIpc) is 2.96. The molecule has 2 rings (SSSR count). The number of rotatable bonds is 6. The number of hydrogen-bond acceptors (Lipinski definition) is 6. The number of methoxy groups -OCH3 is 1. The number of thiophene rings is 1. The zero-order valence-electron chi connectivity index (χ0n) is 13.1. The van der Waals surface area contributed by atoms with Crippen LogP contribution in [0.2, 0.25) is 0 Å². The third-order valence-corrected chi connectivity index (χ3v) is 4.88. The topological polar surface area (TPSA) is 64.8 Å².